The van der Waals surface area contributed by atoms with Crippen LogP contribution in [0.3, 0.4) is 0 Å². The Hall–Kier alpha value is -0.120. The van der Waals surface area contributed by atoms with Gasteiger partial charge in [0.15, 0.2) is 0 Å². The van der Waals surface area contributed by atoms with Crippen molar-refractivity contribution in [3.8, 4) is 0 Å². The third-order valence-electron chi connectivity index (χ3n) is 3.59. The van der Waals surface area contributed by atoms with Crippen molar-refractivity contribution in [1.82, 2.24) is 5.32 Å². The van der Waals surface area contributed by atoms with Gasteiger partial charge in [0.1, 0.15) is 0 Å². The standard InChI is InChI=1S/C12H26N2O/c1-10-5-6-12(8-10,9-13)14-11(2)4-3-7-15/h10-11,14-15H,3-9,13H2,1-2H3. The number of nitrogens with two attached hydrogens (primary N) is 1. The van der Waals surface area contributed by atoms with Gasteiger partial charge in [-0.25, -0.2) is 0 Å². The van der Waals surface area contributed by atoms with Crippen molar-refractivity contribution in [3.63, 3.8) is 0 Å². The van der Waals surface area contributed by atoms with Crippen molar-refractivity contribution in [3.05, 3.63) is 0 Å². The van der Waals surface area contributed by atoms with E-state index in [0.29, 0.717) is 6.04 Å². The van der Waals surface area contributed by atoms with Gasteiger partial charge in [-0.15, -0.1) is 0 Å². The van der Waals surface area contributed by atoms with Gasteiger partial charge in [0, 0.05) is 24.7 Å². The number of rotatable bonds is 6. The fourth-order valence-corrected chi connectivity index (χ4v) is 2.76. The van der Waals surface area contributed by atoms with Crippen LogP contribution < -0.4 is 11.1 Å². The topological polar surface area (TPSA) is 58.3 Å². The molecule has 3 heteroatoms. The minimum atomic E-state index is 0.175. The molecule has 0 aromatic rings. The lowest BCUT2D eigenvalue weighted by molar-refractivity contribution is 0.252. The Morgan fingerprint density at radius 1 is 1.60 bits per heavy atom. The molecule has 0 radical (unpaired) electrons. The average Bonchev–Trinajstić information content (AvgIpc) is 2.58. The first-order valence-corrected chi connectivity index (χ1v) is 6.20. The van der Waals surface area contributed by atoms with E-state index in [-0.39, 0.29) is 12.1 Å². The molecule has 1 fully saturated rings. The number of hydrogen-bond donors (Lipinski definition) is 3. The lowest BCUT2D eigenvalue weighted by Crippen LogP contribution is -2.52. The molecule has 0 spiro atoms. The van der Waals surface area contributed by atoms with Crippen LogP contribution in [0, 0.1) is 5.92 Å². The van der Waals surface area contributed by atoms with E-state index in [1.165, 1.54) is 19.3 Å². The van der Waals surface area contributed by atoms with Gasteiger partial charge in [0.05, 0.1) is 0 Å². The number of nitrogens with one attached hydrogen (secondary N) is 1. The van der Waals surface area contributed by atoms with Gasteiger partial charge in [0.2, 0.25) is 0 Å². The Balaban J connectivity index is 2.39. The Morgan fingerprint density at radius 2 is 2.33 bits per heavy atom. The lowest BCUT2D eigenvalue weighted by atomic mass is 9.94. The van der Waals surface area contributed by atoms with Gasteiger partial charge < -0.3 is 16.2 Å². The summed E-state index contributed by atoms with van der Waals surface area (Å²) in [6.45, 7) is 5.52. The van der Waals surface area contributed by atoms with Gasteiger partial charge in [-0.05, 0) is 44.9 Å². The van der Waals surface area contributed by atoms with Gasteiger partial charge in [-0.1, -0.05) is 6.92 Å². The third-order valence-corrected chi connectivity index (χ3v) is 3.59. The molecule has 0 saturated heterocycles. The van der Waals surface area contributed by atoms with Crippen LogP contribution in [0.15, 0.2) is 0 Å². The summed E-state index contributed by atoms with van der Waals surface area (Å²) in [5.41, 5.74) is 6.07. The summed E-state index contributed by atoms with van der Waals surface area (Å²) >= 11 is 0. The van der Waals surface area contributed by atoms with Crippen LogP contribution in [0.25, 0.3) is 0 Å². The summed E-state index contributed by atoms with van der Waals surface area (Å²) in [6, 6.07) is 0.464. The summed E-state index contributed by atoms with van der Waals surface area (Å²) in [5, 5.41) is 12.5. The predicted octanol–water partition coefficient (Wildman–Crippen LogP) is 1.25. The molecule has 0 heterocycles. The molecule has 90 valence electrons. The maximum Gasteiger partial charge on any atom is 0.0431 e. The monoisotopic (exact) mass is 214 g/mol. The van der Waals surface area contributed by atoms with Crippen LogP contribution in [-0.4, -0.2) is 29.8 Å². The zero-order valence-corrected chi connectivity index (χ0v) is 10.1. The van der Waals surface area contributed by atoms with E-state index in [0.717, 1.165) is 25.3 Å². The smallest absolute Gasteiger partial charge is 0.0431 e. The number of aliphatic hydroxyl groups is 1. The summed E-state index contributed by atoms with van der Waals surface area (Å²) in [7, 11) is 0. The van der Waals surface area contributed by atoms with E-state index in [4.69, 9.17) is 10.8 Å². The molecule has 0 bridgehead atoms. The Labute approximate surface area is 93.4 Å². The zero-order valence-electron chi connectivity index (χ0n) is 10.1. The highest BCUT2D eigenvalue weighted by Gasteiger charge is 2.36. The molecule has 0 aromatic heterocycles. The van der Waals surface area contributed by atoms with Crippen molar-refractivity contribution >= 4 is 0 Å². The fourth-order valence-electron chi connectivity index (χ4n) is 2.76. The maximum absolute atomic E-state index is 8.79. The first-order chi connectivity index (χ1) is 7.12. The summed E-state index contributed by atoms with van der Waals surface area (Å²) in [4.78, 5) is 0. The van der Waals surface area contributed by atoms with Crippen molar-refractivity contribution in [1.29, 1.82) is 0 Å². The molecule has 1 rings (SSSR count). The van der Waals surface area contributed by atoms with Gasteiger partial charge in [-0.2, -0.15) is 0 Å². The van der Waals surface area contributed by atoms with E-state index in [1.54, 1.807) is 0 Å². The molecule has 15 heavy (non-hydrogen) atoms. The second-order valence-electron chi connectivity index (χ2n) is 5.24. The summed E-state index contributed by atoms with van der Waals surface area (Å²) in [5.74, 6) is 0.797. The van der Waals surface area contributed by atoms with Crippen molar-refractivity contribution in [2.45, 2.75) is 57.5 Å². The van der Waals surface area contributed by atoms with E-state index in [2.05, 4.69) is 19.2 Å². The van der Waals surface area contributed by atoms with E-state index in [9.17, 15) is 0 Å². The molecule has 1 aliphatic rings. The van der Waals surface area contributed by atoms with Crippen LogP contribution in [0.1, 0.15) is 46.0 Å². The average molecular weight is 214 g/mol. The Bertz CT molecular complexity index is 186. The first kappa shape index (κ1) is 12.9. The van der Waals surface area contributed by atoms with E-state index < -0.39 is 0 Å². The molecule has 0 amide bonds. The molecular formula is C12H26N2O. The largest absolute Gasteiger partial charge is 0.396 e. The highest BCUT2D eigenvalue weighted by molar-refractivity contribution is 4.97. The number of aliphatic hydroxyl groups excluding tert-OH is 1. The van der Waals surface area contributed by atoms with E-state index >= 15 is 0 Å². The minimum Gasteiger partial charge on any atom is -0.396 e. The second kappa shape index (κ2) is 5.83. The minimum absolute atomic E-state index is 0.175. The molecule has 3 unspecified atom stereocenters. The van der Waals surface area contributed by atoms with Crippen LogP contribution >= 0.6 is 0 Å². The highest BCUT2D eigenvalue weighted by atomic mass is 16.2. The van der Waals surface area contributed by atoms with Crippen molar-refractivity contribution < 1.29 is 5.11 Å². The third kappa shape index (κ3) is 3.74. The molecule has 0 aromatic carbocycles. The summed E-state index contributed by atoms with van der Waals surface area (Å²) in [6.07, 6.45) is 5.61. The van der Waals surface area contributed by atoms with Crippen molar-refractivity contribution in [2.75, 3.05) is 13.2 Å². The molecule has 1 aliphatic carbocycles. The van der Waals surface area contributed by atoms with Crippen molar-refractivity contribution in [2.24, 2.45) is 11.7 Å². The normalized spacial score (nSPS) is 33.2. The molecule has 3 nitrogen and oxygen atoms in total. The fraction of sp³-hybridized carbons (Fsp3) is 1.00. The van der Waals surface area contributed by atoms with Crippen LogP contribution in [0.4, 0.5) is 0 Å². The second-order valence-corrected chi connectivity index (χ2v) is 5.24. The maximum atomic E-state index is 8.79. The van der Waals surface area contributed by atoms with Gasteiger partial charge in [-0.3, -0.25) is 0 Å². The molecular weight excluding hydrogens is 188 g/mol. The molecule has 4 N–H and O–H groups in total. The Morgan fingerprint density at radius 3 is 2.80 bits per heavy atom. The molecule has 1 saturated carbocycles. The SMILES string of the molecule is CC1CCC(CN)(NC(C)CCCO)C1. The van der Waals surface area contributed by atoms with E-state index in [1.807, 2.05) is 0 Å². The highest BCUT2D eigenvalue weighted by Crippen LogP contribution is 2.34. The van der Waals surface area contributed by atoms with Crippen LogP contribution in [0.5, 0.6) is 0 Å². The summed E-state index contributed by atoms with van der Waals surface area (Å²) < 4.78 is 0. The molecule has 0 aliphatic heterocycles. The first-order valence-electron chi connectivity index (χ1n) is 6.20. The Kier molecular flexibility index (Phi) is 5.03. The van der Waals surface area contributed by atoms with Gasteiger partial charge >= 0.3 is 0 Å². The van der Waals surface area contributed by atoms with Crippen LogP contribution in [0.2, 0.25) is 0 Å². The molecule has 3 atom stereocenters. The lowest BCUT2D eigenvalue weighted by Gasteiger charge is -2.33. The van der Waals surface area contributed by atoms with Crippen LogP contribution in [-0.2, 0) is 0 Å². The zero-order chi connectivity index (χ0) is 11.3. The number of hydrogen-bond acceptors (Lipinski definition) is 3. The predicted molar refractivity (Wildman–Crippen MR) is 63.7 cm³/mol. The van der Waals surface area contributed by atoms with Gasteiger partial charge in [0.25, 0.3) is 0 Å². The quantitative estimate of drug-likeness (QED) is 0.624.